The number of para-hydroxylation sites is 1. The zero-order chi connectivity index (χ0) is 14.8. The van der Waals surface area contributed by atoms with Crippen LogP contribution in [0.5, 0.6) is 0 Å². The van der Waals surface area contributed by atoms with Gasteiger partial charge in [0.05, 0.1) is 11.4 Å². The second-order valence-corrected chi connectivity index (χ2v) is 6.43. The first-order chi connectivity index (χ1) is 9.45. The van der Waals surface area contributed by atoms with Gasteiger partial charge in [0.2, 0.25) is 0 Å². The van der Waals surface area contributed by atoms with Crippen molar-refractivity contribution in [3.8, 4) is 0 Å². The fourth-order valence-corrected chi connectivity index (χ4v) is 3.62. The van der Waals surface area contributed by atoms with Crippen molar-refractivity contribution in [3.63, 3.8) is 0 Å². The minimum Gasteiger partial charge on any atom is -0.398 e. The molecule has 20 heavy (non-hydrogen) atoms. The van der Waals surface area contributed by atoms with E-state index in [0.29, 0.717) is 5.69 Å². The van der Waals surface area contributed by atoms with Gasteiger partial charge in [-0.3, -0.25) is 4.72 Å². The van der Waals surface area contributed by atoms with E-state index in [4.69, 9.17) is 5.73 Å². The summed E-state index contributed by atoms with van der Waals surface area (Å²) in [6, 6.07) is 10.6. The highest BCUT2D eigenvalue weighted by atomic mass is 32.2. The minimum atomic E-state index is -4.07. The van der Waals surface area contributed by atoms with Crippen molar-refractivity contribution < 1.29 is 12.8 Å². The van der Waals surface area contributed by atoms with Crippen molar-refractivity contribution in [2.75, 3.05) is 16.7 Å². The Morgan fingerprint density at radius 3 is 2.50 bits per heavy atom. The van der Waals surface area contributed by atoms with Gasteiger partial charge >= 0.3 is 0 Å². The Hall–Kier alpha value is -1.73. The lowest BCUT2D eigenvalue weighted by molar-refractivity contribution is 0.571. The summed E-state index contributed by atoms with van der Waals surface area (Å²) in [5.74, 6) is -0.876. The smallest absolute Gasteiger partial charge is 0.266 e. The largest absolute Gasteiger partial charge is 0.398 e. The Labute approximate surface area is 121 Å². The van der Waals surface area contributed by atoms with Gasteiger partial charge in [-0.25, -0.2) is 12.8 Å². The molecule has 0 saturated carbocycles. The zero-order valence-electron chi connectivity index (χ0n) is 10.6. The molecule has 0 bridgehead atoms. The van der Waals surface area contributed by atoms with Crippen LogP contribution in [0.3, 0.4) is 0 Å². The van der Waals surface area contributed by atoms with Crippen molar-refractivity contribution in [2.45, 2.75) is 9.79 Å². The lowest BCUT2D eigenvalue weighted by Crippen LogP contribution is -2.17. The van der Waals surface area contributed by atoms with Crippen LogP contribution < -0.4 is 10.5 Å². The van der Waals surface area contributed by atoms with Crippen LogP contribution in [0.15, 0.2) is 52.3 Å². The van der Waals surface area contributed by atoms with Gasteiger partial charge in [-0.05, 0) is 30.5 Å². The van der Waals surface area contributed by atoms with E-state index in [9.17, 15) is 12.8 Å². The number of anilines is 2. The molecule has 2 aromatic carbocycles. The van der Waals surface area contributed by atoms with Crippen molar-refractivity contribution in [1.82, 2.24) is 0 Å². The van der Waals surface area contributed by atoms with Crippen LogP contribution in [0.2, 0.25) is 0 Å². The van der Waals surface area contributed by atoms with E-state index >= 15 is 0 Å². The first-order valence-corrected chi connectivity index (χ1v) is 8.36. The second kappa shape index (κ2) is 5.72. The molecule has 106 valence electrons. The summed E-state index contributed by atoms with van der Waals surface area (Å²) in [4.78, 5) is 0.210. The molecule has 0 aliphatic rings. The average Bonchev–Trinajstić information content (AvgIpc) is 2.38. The molecule has 0 saturated heterocycles. The topological polar surface area (TPSA) is 72.2 Å². The third kappa shape index (κ3) is 2.88. The molecule has 0 spiro atoms. The van der Waals surface area contributed by atoms with E-state index < -0.39 is 20.7 Å². The first-order valence-electron chi connectivity index (χ1n) is 5.65. The number of nitrogens with one attached hydrogen (secondary N) is 1. The summed E-state index contributed by atoms with van der Waals surface area (Å²) in [7, 11) is -4.07. The number of sulfonamides is 1. The van der Waals surface area contributed by atoms with Gasteiger partial charge < -0.3 is 5.73 Å². The van der Waals surface area contributed by atoms with Crippen LogP contribution in [-0.2, 0) is 10.0 Å². The molecule has 0 fully saturated rings. The van der Waals surface area contributed by atoms with Crippen molar-refractivity contribution in [1.29, 1.82) is 0 Å². The van der Waals surface area contributed by atoms with Crippen LogP contribution >= 0.6 is 11.8 Å². The van der Waals surface area contributed by atoms with E-state index in [2.05, 4.69) is 4.72 Å². The average molecular weight is 312 g/mol. The molecule has 0 aliphatic carbocycles. The van der Waals surface area contributed by atoms with Crippen molar-refractivity contribution in [3.05, 3.63) is 48.3 Å². The fourth-order valence-electron chi connectivity index (χ4n) is 1.73. The molecular formula is C13H13FN2O2S2. The molecule has 3 N–H and O–H groups in total. The molecule has 0 amide bonds. The number of hydrogen-bond donors (Lipinski definition) is 2. The Morgan fingerprint density at radius 1 is 1.15 bits per heavy atom. The quantitative estimate of drug-likeness (QED) is 0.672. The number of hydrogen-bond acceptors (Lipinski definition) is 4. The normalized spacial score (nSPS) is 11.3. The first kappa shape index (κ1) is 14.7. The molecule has 2 rings (SSSR count). The number of benzene rings is 2. The summed E-state index contributed by atoms with van der Waals surface area (Å²) in [5, 5.41) is 0. The van der Waals surface area contributed by atoms with Gasteiger partial charge in [0.25, 0.3) is 10.0 Å². The predicted molar refractivity (Wildman–Crippen MR) is 79.8 cm³/mol. The Kier molecular flexibility index (Phi) is 4.20. The molecule has 0 unspecified atom stereocenters. The Balaban J connectivity index is 2.47. The molecule has 0 aromatic heterocycles. The monoisotopic (exact) mass is 312 g/mol. The van der Waals surface area contributed by atoms with Crippen LogP contribution in [0.25, 0.3) is 0 Å². The van der Waals surface area contributed by atoms with E-state index in [1.54, 1.807) is 24.3 Å². The SMILES string of the molecule is CSc1ccccc1NS(=O)(=O)c1c(N)cccc1F. The maximum absolute atomic E-state index is 13.7. The number of rotatable bonds is 4. The third-order valence-corrected chi connectivity index (χ3v) is 4.87. The molecule has 0 aliphatic heterocycles. The van der Waals surface area contributed by atoms with Crippen LogP contribution in [0.1, 0.15) is 0 Å². The van der Waals surface area contributed by atoms with E-state index in [0.717, 1.165) is 11.0 Å². The molecule has 4 nitrogen and oxygen atoms in total. The highest BCUT2D eigenvalue weighted by Gasteiger charge is 2.23. The predicted octanol–water partition coefficient (Wildman–Crippen LogP) is 2.93. The van der Waals surface area contributed by atoms with Crippen molar-refractivity contribution >= 4 is 33.2 Å². The van der Waals surface area contributed by atoms with Crippen LogP contribution in [0, 0.1) is 5.82 Å². The van der Waals surface area contributed by atoms with Gasteiger partial charge in [-0.1, -0.05) is 18.2 Å². The highest BCUT2D eigenvalue weighted by molar-refractivity contribution is 7.99. The summed E-state index contributed by atoms with van der Waals surface area (Å²) < 4.78 is 40.6. The molecule has 0 radical (unpaired) electrons. The summed E-state index contributed by atoms with van der Waals surface area (Å²) in [6.45, 7) is 0. The molecule has 7 heteroatoms. The second-order valence-electron chi connectivity index (χ2n) is 3.96. The highest BCUT2D eigenvalue weighted by Crippen LogP contribution is 2.29. The standard InChI is InChI=1S/C13H13FN2O2S2/c1-19-12-8-3-2-7-11(12)16-20(17,18)13-9(14)5-4-6-10(13)15/h2-8,16H,15H2,1H3. The molecule has 2 aromatic rings. The molecular weight excluding hydrogens is 299 g/mol. The molecule has 0 atom stereocenters. The van der Waals surface area contributed by atoms with Crippen LogP contribution in [-0.4, -0.2) is 14.7 Å². The number of nitrogen functional groups attached to an aromatic ring is 1. The Bertz CT molecular complexity index is 713. The lowest BCUT2D eigenvalue weighted by atomic mass is 10.3. The third-order valence-electron chi connectivity index (χ3n) is 2.62. The fraction of sp³-hybridized carbons (Fsp3) is 0.0769. The Morgan fingerprint density at radius 2 is 1.85 bits per heavy atom. The van der Waals surface area contributed by atoms with Crippen molar-refractivity contribution in [2.24, 2.45) is 0 Å². The molecule has 0 heterocycles. The van der Waals surface area contributed by atoms with E-state index in [1.807, 2.05) is 6.26 Å². The zero-order valence-corrected chi connectivity index (χ0v) is 12.3. The van der Waals surface area contributed by atoms with Gasteiger partial charge in [-0.2, -0.15) is 0 Å². The summed E-state index contributed by atoms with van der Waals surface area (Å²) in [5.41, 5.74) is 5.83. The summed E-state index contributed by atoms with van der Waals surface area (Å²) in [6.07, 6.45) is 1.82. The number of halogens is 1. The maximum atomic E-state index is 13.7. The summed E-state index contributed by atoms with van der Waals surface area (Å²) >= 11 is 1.39. The van der Waals surface area contributed by atoms with E-state index in [-0.39, 0.29) is 5.69 Å². The lowest BCUT2D eigenvalue weighted by Gasteiger charge is -2.13. The number of thioether (sulfide) groups is 1. The van der Waals surface area contributed by atoms with E-state index in [1.165, 1.54) is 23.9 Å². The maximum Gasteiger partial charge on any atom is 0.266 e. The number of nitrogens with two attached hydrogens (primary N) is 1. The van der Waals surface area contributed by atoms with Gasteiger partial charge in [-0.15, -0.1) is 11.8 Å². The van der Waals surface area contributed by atoms with Gasteiger partial charge in [0.1, 0.15) is 10.7 Å². The van der Waals surface area contributed by atoms with Gasteiger partial charge in [0, 0.05) is 4.90 Å². The minimum absolute atomic E-state index is 0.126. The van der Waals surface area contributed by atoms with Crippen LogP contribution in [0.4, 0.5) is 15.8 Å². The van der Waals surface area contributed by atoms with Gasteiger partial charge in [0.15, 0.2) is 0 Å².